The molecule has 0 amide bonds. The van der Waals surface area contributed by atoms with Gasteiger partial charge in [-0.15, -0.1) is 0 Å². The van der Waals surface area contributed by atoms with Gasteiger partial charge in [-0.1, -0.05) is 300 Å². The third-order valence-corrected chi connectivity index (χ3v) is 27.5. The summed E-state index contributed by atoms with van der Waals surface area (Å²) < 4.78 is 176. The highest BCUT2D eigenvalue weighted by Crippen LogP contribution is 2.54. The van der Waals surface area contributed by atoms with Crippen LogP contribution in [0.5, 0.6) is 0 Å². The minimum Gasteiger partial charge on any atom is -0.452 e. The summed E-state index contributed by atoms with van der Waals surface area (Å²) in [6.45, 7) is 39.7. The van der Waals surface area contributed by atoms with E-state index < -0.39 is 114 Å². The highest BCUT2D eigenvalue weighted by Gasteiger charge is 2.46. The molecular weight excluding hydrogens is 1570 g/mol. The van der Waals surface area contributed by atoms with Crippen molar-refractivity contribution in [1.29, 1.82) is 0 Å². The van der Waals surface area contributed by atoms with Crippen LogP contribution in [0.25, 0.3) is 165 Å². The van der Waals surface area contributed by atoms with E-state index in [1.54, 1.807) is 16.7 Å². The maximum absolute atomic E-state index is 10.0. The first-order chi connectivity index (χ1) is 68.4. The van der Waals surface area contributed by atoms with E-state index in [-0.39, 0.29) is 82.2 Å². The second kappa shape index (κ2) is 27.3. The number of hydrogen-bond acceptors (Lipinski definition) is 4. The van der Waals surface area contributed by atoms with Crippen molar-refractivity contribution in [1.82, 2.24) is 18.3 Å². The van der Waals surface area contributed by atoms with Crippen molar-refractivity contribution in [3.05, 3.63) is 342 Å². The van der Waals surface area contributed by atoms with Gasteiger partial charge in [0.05, 0.1) is 88.8 Å². The average Bonchev–Trinajstić information content (AvgIpc) is 1.68. The van der Waals surface area contributed by atoms with Gasteiger partial charge < -0.3 is 36.9 Å². The van der Waals surface area contributed by atoms with Crippen molar-refractivity contribution in [2.45, 2.75) is 157 Å². The van der Waals surface area contributed by atoms with E-state index in [1.807, 2.05) is 42.5 Å². The number of anilines is 6. The predicted molar refractivity (Wildman–Crippen MR) is 550 cm³/mol. The minimum atomic E-state index is -0.731. The van der Waals surface area contributed by atoms with Crippen LogP contribution in [-0.4, -0.2) is 25.0 Å². The molecule has 0 radical (unpaired) electrons. The number of furan rings is 2. The second-order valence-electron chi connectivity index (χ2n) is 41.8. The monoisotopic (exact) mass is 1690 g/mol. The zero-order chi connectivity index (χ0) is 102. The zero-order valence-electron chi connectivity index (χ0n) is 91.8. The van der Waals surface area contributed by atoms with E-state index in [0.29, 0.717) is 50.3 Å². The molecule has 2 aliphatic rings. The summed E-state index contributed by atoms with van der Waals surface area (Å²) in [7, 11) is 0. The lowest BCUT2D eigenvalue weighted by atomic mass is 9.33. The Balaban J connectivity index is 0.866. The molecule has 630 valence electrons. The van der Waals surface area contributed by atoms with E-state index in [9.17, 15) is 19.2 Å². The lowest BCUT2D eigenvalue weighted by Crippen LogP contribution is -2.61. The molecule has 22 aromatic rings. The largest absolute Gasteiger partial charge is 0.452 e. The van der Waals surface area contributed by atoms with Gasteiger partial charge in [0.1, 0.15) is 0 Å². The minimum absolute atomic E-state index is 0.0767. The van der Waals surface area contributed by atoms with Crippen molar-refractivity contribution < 1.29 is 30.8 Å². The Morgan fingerprint density at radius 1 is 0.225 bits per heavy atom. The SMILES string of the molecule is [2H]c1c([2H])c([2H])c2c(c1[2H])c1c([2H])c([2H])c([2H])c([2H])c1n2-c1ccc2c(c1)N(c1cccc3c1oc1c(-n4c5c([2H])c([2H])c([2H])c([2H])c5c5c([2H])c([2H])c([2H])c([2H])c54)cccc13)c1cc(-c3cc(C(C)(C)C)cc(C(C)(C)C)c3)cc3c1B2c1ccc(-n2c4ccc(C(C)(C)C)cc4c4cc(C(C)(C)C)ccc42)cc1N3c1cccc2c1oc1c(-n3c4ccc(C(C)(C)C)cc4c4cc(C(C)(C)C)ccc43)cccc12. The van der Waals surface area contributed by atoms with Gasteiger partial charge in [0.2, 0.25) is 0 Å². The van der Waals surface area contributed by atoms with Crippen molar-refractivity contribution >= 4 is 188 Å². The summed E-state index contributed by atoms with van der Waals surface area (Å²) in [6, 6.07) is 67.3. The van der Waals surface area contributed by atoms with Crippen LogP contribution in [-0.2, 0) is 32.5 Å². The summed E-state index contributed by atoms with van der Waals surface area (Å²) in [5.74, 6) is 0. The van der Waals surface area contributed by atoms with E-state index in [4.69, 9.17) is 11.6 Å². The molecule has 9 heteroatoms. The van der Waals surface area contributed by atoms with Gasteiger partial charge in [0, 0.05) is 98.8 Å². The molecule has 0 atom stereocenters. The molecule has 0 fully saturated rings. The highest BCUT2D eigenvalue weighted by molar-refractivity contribution is 7.00. The summed E-state index contributed by atoms with van der Waals surface area (Å²) in [6.07, 6.45) is 0. The molecule has 0 bridgehead atoms. The molecular formula is C120H105BN6O2. The number of para-hydroxylation sites is 8. The fourth-order valence-electron chi connectivity index (χ4n) is 20.7. The topological polar surface area (TPSA) is 52.5 Å². The van der Waals surface area contributed by atoms with Crippen LogP contribution in [0.15, 0.2) is 318 Å². The highest BCUT2D eigenvalue weighted by atomic mass is 16.3. The molecule has 6 aromatic heterocycles. The van der Waals surface area contributed by atoms with Gasteiger partial charge in [-0.3, -0.25) is 0 Å². The lowest BCUT2D eigenvalue weighted by Gasteiger charge is -2.44. The van der Waals surface area contributed by atoms with Gasteiger partial charge >= 0.3 is 0 Å². The van der Waals surface area contributed by atoms with Crippen molar-refractivity contribution in [2.24, 2.45) is 0 Å². The molecule has 0 unspecified atom stereocenters. The second-order valence-corrected chi connectivity index (χ2v) is 41.8. The molecule has 0 saturated heterocycles. The smallest absolute Gasteiger partial charge is 0.252 e. The number of fused-ring (bicyclic) bond motifs is 22. The van der Waals surface area contributed by atoms with Crippen molar-refractivity contribution in [2.75, 3.05) is 9.80 Å². The van der Waals surface area contributed by atoms with Gasteiger partial charge in [0.15, 0.2) is 22.3 Å². The third kappa shape index (κ3) is 11.8. The number of benzene rings is 16. The van der Waals surface area contributed by atoms with Crippen LogP contribution in [0.4, 0.5) is 34.1 Å². The Labute approximate surface area is 776 Å². The zero-order valence-corrected chi connectivity index (χ0v) is 75.8. The van der Waals surface area contributed by atoms with E-state index in [0.717, 1.165) is 116 Å². The molecule has 0 saturated carbocycles. The Bertz CT molecular complexity index is 9310. The number of hydrogen-bond donors (Lipinski definition) is 0. The first-order valence-corrected chi connectivity index (χ1v) is 44.7. The van der Waals surface area contributed by atoms with Crippen LogP contribution in [0, 0.1) is 0 Å². The normalized spacial score (nSPS) is 15.3. The molecule has 129 heavy (non-hydrogen) atoms. The summed E-state index contributed by atoms with van der Waals surface area (Å²) >= 11 is 0. The van der Waals surface area contributed by atoms with E-state index in [1.165, 1.54) is 26.8 Å². The Morgan fingerprint density at radius 2 is 0.512 bits per heavy atom. The van der Waals surface area contributed by atoms with E-state index >= 15 is 0 Å². The van der Waals surface area contributed by atoms with Gasteiger partial charge in [-0.05, 0) is 227 Å². The first kappa shape index (κ1) is 63.0. The molecule has 16 aromatic carbocycles. The maximum atomic E-state index is 10.0. The molecule has 24 rings (SSSR count). The van der Waals surface area contributed by atoms with Crippen molar-refractivity contribution in [3.8, 4) is 33.9 Å². The van der Waals surface area contributed by atoms with Gasteiger partial charge in [0.25, 0.3) is 6.71 Å². The fraction of sp³-hybridized carbons (Fsp3) is 0.200. The molecule has 8 nitrogen and oxygen atoms in total. The van der Waals surface area contributed by atoms with Crippen LogP contribution in [0.1, 0.15) is 180 Å². The summed E-state index contributed by atoms with van der Waals surface area (Å²) in [5.41, 5.74) is 21.2. The summed E-state index contributed by atoms with van der Waals surface area (Å²) in [4.78, 5) is 4.58. The first-order valence-electron chi connectivity index (χ1n) is 52.7. The molecule has 8 heterocycles. The van der Waals surface area contributed by atoms with Crippen molar-refractivity contribution in [3.63, 3.8) is 0 Å². The van der Waals surface area contributed by atoms with Crippen LogP contribution in [0.3, 0.4) is 0 Å². The molecule has 0 aliphatic carbocycles. The summed E-state index contributed by atoms with van der Waals surface area (Å²) in [5, 5.41) is 6.92. The molecule has 2 aliphatic heterocycles. The van der Waals surface area contributed by atoms with Crippen LogP contribution < -0.4 is 26.2 Å². The number of nitrogens with zero attached hydrogens (tertiary/aromatic N) is 6. The Morgan fingerprint density at radius 3 is 0.853 bits per heavy atom. The standard InChI is InChI=1S/C120H105BN6O2/c1-115(2,3)72-47-55-98-88(64-72)89-65-73(116(4,5)6)48-56-99(89)123(98)79-52-54-93-107(69-79)127(105-46-30-38-87-85-36-28-44-103(112(85)129-114(87)105)125-100-57-49-74(117(7,8)9)66-90(100)91-67-75(118(10,11)12)50-58-101(91)125)109-62-71(70-59-76(119(13,14)15)63-77(60-70)120(16,17)18)61-108-110(109)121(93)92-53-51-78(122-94-39-23-19-31-80(94)81-32-20-24-40-95(81)122)68-106(92)126(108)104-45-29-37-86-84-35-27-43-102(111(84)128-113(86)104)124-96-41-25-21-33-82(96)83-34-22-26-42-97(83)124/h19-69H,1-18H3/i19D,20D,21D,22D,23D,24D,25D,26D,31D,32D,33D,34D,39D,40D,41D,42D. The van der Waals surface area contributed by atoms with Crippen LogP contribution >= 0.6 is 0 Å². The van der Waals surface area contributed by atoms with E-state index in [2.05, 4.69) is 301 Å². The van der Waals surface area contributed by atoms with Crippen LogP contribution in [0.2, 0.25) is 0 Å². The fourth-order valence-corrected chi connectivity index (χ4v) is 20.7. The number of rotatable bonds is 7. The number of aromatic nitrogens is 4. The lowest BCUT2D eigenvalue weighted by molar-refractivity contribution is 0.569. The van der Waals surface area contributed by atoms with Gasteiger partial charge in [-0.2, -0.15) is 0 Å². The molecule has 0 N–H and O–H groups in total. The Hall–Kier alpha value is -14.0. The Kier molecular flexibility index (Phi) is 13.3. The third-order valence-electron chi connectivity index (χ3n) is 27.5. The maximum Gasteiger partial charge on any atom is 0.252 e. The predicted octanol–water partition coefficient (Wildman–Crippen LogP) is 31.4. The van der Waals surface area contributed by atoms with Gasteiger partial charge in [-0.25, -0.2) is 0 Å². The quantitative estimate of drug-likeness (QED) is 0.149. The average molecular weight is 1690 g/mol. The molecule has 0 spiro atoms.